The minimum absolute atomic E-state index is 0.0537. The zero-order chi connectivity index (χ0) is 13.9. The Morgan fingerprint density at radius 2 is 2.11 bits per heavy atom. The third-order valence-corrected chi connectivity index (χ3v) is 2.65. The summed E-state index contributed by atoms with van der Waals surface area (Å²) >= 11 is 0. The van der Waals surface area contributed by atoms with Crippen LogP contribution in [0.5, 0.6) is 5.75 Å². The number of aromatic hydroxyl groups is 1. The zero-order valence-corrected chi connectivity index (χ0v) is 10.9. The average molecular weight is 253 g/mol. The average Bonchev–Trinajstić information content (AvgIpc) is 2.21. The standard InChI is InChI=1S/C13H19NO4/c1-7(2)4-9(6-11(14)16)13-12(17)10(15)5-8(3)18-13/h5,7,9,17H,4,6H2,1-3H3,(H2,14,16)/t9-/m1/s1. The third-order valence-electron chi connectivity index (χ3n) is 2.65. The molecule has 5 heteroatoms. The minimum Gasteiger partial charge on any atom is -0.502 e. The van der Waals surface area contributed by atoms with Crippen molar-refractivity contribution in [3.05, 3.63) is 27.8 Å². The van der Waals surface area contributed by atoms with E-state index in [0.717, 1.165) is 0 Å². The lowest BCUT2D eigenvalue weighted by Crippen LogP contribution is -2.18. The van der Waals surface area contributed by atoms with Crippen molar-refractivity contribution in [3.63, 3.8) is 0 Å². The first-order chi connectivity index (χ1) is 8.31. The molecule has 0 spiro atoms. The van der Waals surface area contributed by atoms with Gasteiger partial charge in [0.25, 0.3) is 0 Å². The summed E-state index contributed by atoms with van der Waals surface area (Å²) in [7, 11) is 0. The molecule has 0 aliphatic rings. The van der Waals surface area contributed by atoms with Gasteiger partial charge in [0.15, 0.2) is 5.76 Å². The first kappa shape index (κ1) is 14.3. The van der Waals surface area contributed by atoms with Crippen LogP contribution in [0.2, 0.25) is 0 Å². The smallest absolute Gasteiger partial charge is 0.227 e. The van der Waals surface area contributed by atoms with Gasteiger partial charge in [-0.25, -0.2) is 0 Å². The van der Waals surface area contributed by atoms with Crippen molar-refractivity contribution in [1.82, 2.24) is 0 Å². The first-order valence-corrected chi connectivity index (χ1v) is 5.93. The second-order valence-corrected chi connectivity index (χ2v) is 4.93. The second kappa shape index (κ2) is 5.71. The van der Waals surface area contributed by atoms with E-state index in [1.165, 1.54) is 6.07 Å². The summed E-state index contributed by atoms with van der Waals surface area (Å²) in [6.45, 7) is 5.60. The topological polar surface area (TPSA) is 93.5 Å². The molecule has 0 aliphatic carbocycles. The Labute approximate surface area is 106 Å². The highest BCUT2D eigenvalue weighted by molar-refractivity contribution is 5.74. The molecule has 0 radical (unpaired) electrons. The lowest BCUT2D eigenvalue weighted by atomic mass is 9.91. The monoisotopic (exact) mass is 253 g/mol. The van der Waals surface area contributed by atoms with Gasteiger partial charge in [-0.05, 0) is 19.3 Å². The largest absolute Gasteiger partial charge is 0.502 e. The van der Waals surface area contributed by atoms with Crippen molar-refractivity contribution in [2.45, 2.75) is 39.5 Å². The fraction of sp³-hybridized carbons (Fsp3) is 0.538. The van der Waals surface area contributed by atoms with Crippen molar-refractivity contribution >= 4 is 5.91 Å². The summed E-state index contributed by atoms with van der Waals surface area (Å²) in [6.07, 6.45) is 0.668. The maximum Gasteiger partial charge on any atom is 0.227 e. The van der Waals surface area contributed by atoms with Gasteiger partial charge in [0, 0.05) is 18.4 Å². The van der Waals surface area contributed by atoms with Crippen molar-refractivity contribution < 1.29 is 14.3 Å². The normalized spacial score (nSPS) is 12.7. The van der Waals surface area contributed by atoms with Gasteiger partial charge in [0.2, 0.25) is 17.1 Å². The van der Waals surface area contributed by atoms with Crippen LogP contribution in [0, 0.1) is 12.8 Å². The second-order valence-electron chi connectivity index (χ2n) is 4.93. The van der Waals surface area contributed by atoms with Crippen LogP contribution in [-0.2, 0) is 4.79 Å². The van der Waals surface area contributed by atoms with E-state index in [0.29, 0.717) is 18.1 Å². The first-order valence-electron chi connectivity index (χ1n) is 5.93. The Bertz CT molecular complexity index is 490. The molecule has 3 N–H and O–H groups in total. The molecule has 1 aromatic heterocycles. The molecule has 1 amide bonds. The van der Waals surface area contributed by atoms with E-state index in [2.05, 4.69) is 0 Å². The highest BCUT2D eigenvalue weighted by atomic mass is 16.4. The lowest BCUT2D eigenvalue weighted by Gasteiger charge is -2.17. The van der Waals surface area contributed by atoms with Crippen LogP contribution in [0.4, 0.5) is 0 Å². The molecule has 100 valence electrons. The maximum absolute atomic E-state index is 11.5. The van der Waals surface area contributed by atoms with Gasteiger partial charge >= 0.3 is 0 Å². The summed E-state index contributed by atoms with van der Waals surface area (Å²) in [5.74, 6) is -0.412. The van der Waals surface area contributed by atoms with Gasteiger partial charge in [-0.3, -0.25) is 9.59 Å². The van der Waals surface area contributed by atoms with Crippen LogP contribution >= 0.6 is 0 Å². The number of carbonyl (C=O) groups excluding carboxylic acids is 1. The lowest BCUT2D eigenvalue weighted by molar-refractivity contribution is -0.118. The number of hydrogen-bond donors (Lipinski definition) is 2. The Kier molecular flexibility index (Phi) is 4.53. The number of hydrogen-bond acceptors (Lipinski definition) is 4. The molecule has 0 fully saturated rings. The highest BCUT2D eigenvalue weighted by Crippen LogP contribution is 2.31. The fourth-order valence-electron chi connectivity index (χ4n) is 2.00. The van der Waals surface area contributed by atoms with E-state index in [-0.39, 0.29) is 18.1 Å². The molecule has 1 rings (SSSR count). The number of aryl methyl sites for hydroxylation is 1. The summed E-state index contributed by atoms with van der Waals surface area (Å²) in [4.78, 5) is 22.6. The van der Waals surface area contributed by atoms with Gasteiger partial charge < -0.3 is 15.3 Å². The van der Waals surface area contributed by atoms with E-state index in [4.69, 9.17) is 10.2 Å². The Morgan fingerprint density at radius 1 is 1.50 bits per heavy atom. The summed E-state index contributed by atoms with van der Waals surface area (Å²) in [5, 5.41) is 9.76. The third kappa shape index (κ3) is 3.61. The maximum atomic E-state index is 11.5. The minimum atomic E-state index is -0.494. The molecule has 0 aromatic carbocycles. The number of rotatable bonds is 5. The van der Waals surface area contributed by atoms with Crippen molar-refractivity contribution in [1.29, 1.82) is 0 Å². The molecule has 5 nitrogen and oxygen atoms in total. The molecule has 1 aromatic rings. The summed E-state index contributed by atoms with van der Waals surface area (Å²) in [6, 6.07) is 1.22. The van der Waals surface area contributed by atoms with Crippen LogP contribution in [0.15, 0.2) is 15.3 Å². The number of carbonyl (C=O) groups is 1. The molecule has 0 saturated carbocycles. The fourth-order valence-corrected chi connectivity index (χ4v) is 2.00. The van der Waals surface area contributed by atoms with Crippen molar-refractivity contribution in [3.8, 4) is 5.75 Å². The molecule has 0 saturated heterocycles. The van der Waals surface area contributed by atoms with Crippen LogP contribution in [0.3, 0.4) is 0 Å². The predicted molar refractivity (Wildman–Crippen MR) is 67.4 cm³/mol. The summed E-state index contributed by atoms with van der Waals surface area (Å²) in [5.41, 5.74) is 4.70. The van der Waals surface area contributed by atoms with Gasteiger partial charge in [-0.15, -0.1) is 0 Å². The van der Waals surface area contributed by atoms with E-state index in [9.17, 15) is 14.7 Å². The van der Waals surface area contributed by atoms with Gasteiger partial charge in [-0.2, -0.15) is 0 Å². The van der Waals surface area contributed by atoms with E-state index in [1.807, 2.05) is 13.8 Å². The van der Waals surface area contributed by atoms with Gasteiger partial charge in [-0.1, -0.05) is 13.8 Å². The SMILES string of the molecule is Cc1cc(=O)c(O)c([C@@H](CC(N)=O)CC(C)C)o1. The Hall–Kier alpha value is -1.78. The van der Waals surface area contributed by atoms with E-state index >= 15 is 0 Å². The van der Waals surface area contributed by atoms with Gasteiger partial charge in [0.05, 0.1) is 0 Å². The zero-order valence-electron chi connectivity index (χ0n) is 10.9. The molecule has 1 heterocycles. The Balaban J connectivity index is 3.19. The number of nitrogens with two attached hydrogens (primary N) is 1. The van der Waals surface area contributed by atoms with Crippen LogP contribution in [-0.4, -0.2) is 11.0 Å². The molecule has 18 heavy (non-hydrogen) atoms. The Morgan fingerprint density at radius 3 is 2.61 bits per heavy atom. The summed E-state index contributed by atoms with van der Waals surface area (Å²) < 4.78 is 5.40. The van der Waals surface area contributed by atoms with Gasteiger partial charge in [0.1, 0.15) is 5.76 Å². The predicted octanol–water partition coefficient (Wildman–Crippen LogP) is 1.66. The van der Waals surface area contributed by atoms with Crippen molar-refractivity contribution in [2.24, 2.45) is 11.7 Å². The molecule has 1 atom stereocenters. The molecular weight excluding hydrogens is 234 g/mol. The van der Waals surface area contributed by atoms with Crippen LogP contribution < -0.4 is 11.2 Å². The van der Waals surface area contributed by atoms with E-state index in [1.54, 1.807) is 6.92 Å². The molecule has 0 unspecified atom stereocenters. The number of amides is 1. The quantitative estimate of drug-likeness (QED) is 0.834. The van der Waals surface area contributed by atoms with Crippen LogP contribution in [0.1, 0.15) is 44.1 Å². The van der Waals surface area contributed by atoms with Crippen molar-refractivity contribution in [2.75, 3.05) is 0 Å². The molecular formula is C13H19NO4. The molecule has 0 bridgehead atoms. The van der Waals surface area contributed by atoms with E-state index < -0.39 is 17.1 Å². The molecule has 0 aliphatic heterocycles. The highest BCUT2D eigenvalue weighted by Gasteiger charge is 2.23. The van der Waals surface area contributed by atoms with Crippen LogP contribution in [0.25, 0.3) is 0 Å². The number of primary amides is 1.